The van der Waals surface area contributed by atoms with Crippen molar-refractivity contribution in [1.82, 2.24) is 4.57 Å². The molecule has 212 valence electrons. The van der Waals surface area contributed by atoms with Crippen LogP contribution in [0.4, 0.5) is 17.1 Å². The number of anilines is 3. The predicted octanol–water partition coefficient (Wildman–Crippen LogP) is 11.3. The highest BCUT2D eigenvalue weighted by Crippen LogP contribution is 2.53. The predicted molar refractivity (Wildman–Crippen MR) is 191 cm³/mol. The van der Waals surface area contributed by atoms with Crippen LogP contribution in [0.25, 0.3) is 28.2 Å². The Morgan fingerprint density at radius 2 is 1.11 bits per heavy atom. The van der Waals surface area contributed by atoms with Crippen LogP contribution in [0.3, 0.4) is 0 Å². The van der Waals surface area contributed by atoms with Crippen LogP contribution in [0.5, 0.6) is 0 Å². The molecule has 0 spiro atoms. The molecule has 1 aliphatic heterocycles. The smallest absolute Gasteiger partial charge is 0.0614 e. The lowest BCUT2D eigenvalue weighted by Crippen LogP contribution is -2.09. The lowest BCUT2D eigenvalue weighted by atomic mass is 9.92. The fourth-order valence-electron chi connectivity index (χ4n) is 6.54. The van der Waals surface area contributed by atoms with Gasteiger partial charge in [0.15, 0.2) is 0 Å². The van der Waals surface area contributed by atoms with Crippen LogP contribution >= 0.6 is 10.5 Å². The van der Waals surface area contributed by atoms with Crippen LogP contribution in [0.2, 0.25) is 0 Å². The molecule has 1 atom stereocenters. The van der Waals surface area contributed by atoms with Gasteiger partial charge in [-0.05, 0) is 90.2 Å². The van der Waals surface area contributed by atoms with Gasteiger partial charge in [-0.2, -0.15) is 0 Å². The van der Waals surface area contributed by atoms with Crippen molar-refractivity contribution < 1.29 is 0 Å². The first-order chi connectivity index (χ1) is 21.8. The minimum absolute atomic E-state index is 0.224. The summed E-state index contributed by atoms with van der Waals surface area (Å²) >= 11 is 0. The number of benzene rings is 5. The Balaban J connectivity index is 1.11. The second kappa shape index (κ2) is 11.2. The second-order valence-electron chi connectivity index (χ2n) is 11.2. The number of hydrogen-bond acceptors (Lipinski definition) is 1. The van der Waals surface area contributed by atoms with Gasteiger partial charge in [0.05, 0.1) is 11.2 Å². The second-order valence-corrected chi connectivity index (χ2v) is 12.9. The number of fused-ring (bicyclic) bond motifs is 3. The van der Waals surface area contributed by atoms with Crippen molar-refractivity contribution >= 4 is 56.0 Å². The largest absolute Gasteiger partial charge is 0.311 e. The summed E-state index contributed by atoms with van der Waals surface area (Å²) in [6.45, 7) is 0. The minimum atomic E-state index is -0.224. The molecule has 0 fully saturated rings. The number of allylic oxidation sites excluding steroid dienone is 4. The molecule has 6 aromatic rings. The van der Waals surface area contributed by atoms with Gasteiger partial charge in [-0.15, -0.1) is 10.5 Å². The van der Waals surface area contributed by atoms with Crippen LogP contribution in [0, 0.1) is 0 Å². The third-order valence-corrected chi connectivity index (χ3v) is 10.5. The van der Waals surface area contributed by atoms with E-state index in [9.17, 15) is 0 Å². The van der Waals surface area contributed by atoms with Crippen LogP contribution in [0.1, 0.15) is 24.1 Å². The lowest BCUT2D eigenvalue weighted by molar-refractivity contribution is 1.00. The molecule has 0 saturated carbocycles. The summed E-state index contributed by atoms with van der Waals surface area (Å²) in [6, 6.07) is 49.6. The number of nitrogens with zero attached hydrogens (tertiary/aromatic N) is 2. The first-order valence-electron chi connectivity index (χ1n) is 15.1. The van der Waals surface area contributed by atoms with Crippen molar-refractivity contribution in [3.05, 3.63) is 173 Å². The van der Waals surface area contributed by atoms with E-state index >= 15 is 0 Å². The van der Waals surface area contributed by atoms with Gasteiger partial charge in [0, 0.05) is 37.9 Å². The molecule has 0 radical (unpaired) electrons. The zero-order chi connectivity index (χ0) is 29.5. The molecule has 1 unspecified atom stereocenters. The molecule has 0 bridgehead atoms. The van der Waals surface area contributed by atoms with E-state index in [1.54, 1.807) is 0 Å². The maximum Gasteiger partial charge on any atom is 0.0614 e. The van der Waals surface area contributed by atoms with E-state index in [2.05, 4.69) is 167 Å². The molecule has 1 aromatic heterocycles. The fourth-order valence-corrected chi connectivity index (χ4v) is 8.34. The van der Waals surface area contributed by atoms with Gasteiger partial charge < -0.3 is 9.47 Å². The van der Waals surface area contributed by atoms with Gasteiger partial charge in [0.25, 0.3) is 0 Å². The van der Waals surface area contributed by atoms with Crippen LogP contribution in [-0.4, -0.2) is 10.4 Å². The molecule has 2 aliphatic rings. The zero-order valence-corrected chi connectivity index (χ0v) is 25.3. The third-order valence-electron chi connectivity index (χ3n) is 8.65. The van der Waals surface area contributed by atoms with Gasteiger partial charge in [0.2, 0.25) is 0 Å². The average Bonchev–Trinajstić information content (AvgIpc) is 3.60. The molecule has 0 saturated heterocycles. The summed E-state index contributed by atoms with van der Waals surface area (Å²) < 4.78 is 2.41. The summed E-state index contributed by atoms with van der Waals surface area (Å²) in [4.78, 5) is 5.05. The standard InChI is InChI=1S/C41H32N2S/c1-44-40(29-39-41(44)37-19-11-12-20-38(37)43(39)35-17-9-4-10-18-35)32-23-21-30(22-24-32)31-25-27-36(28-26-31)42(33-13-5-2-6-14-33)34-15-7-3-8-16-34/h2-21,23,25-29H,1,22,24H2. The van der Waals surface area contributed by atoms with E-state index in [-0.39, 0.29) is 10.5 Å². The number of aromatic nitrogens is 1. The van der Waals surface area contributed by atoms with E-state index in [0.717, 1.165) is 29.9 Å². The maximum absolute atomic E-state index is 4.73. The summed E-state index contributed by atoms with van der Waals surface area (Å²) in [5.41, 5.74) is 11.2. The molecule has 1 aliphatic carbocycles. The Bertz CT molecular complexity index is 2060. The monoisotopic (exact) mass is 584 g/mol. The van der Waals surface area contributed by atoms with E-state index in [0.29, 0.717) is 0 Å². The van der Waals surface area contributed by atoms with Crippen molar-refractivity contribution in [2.45, 2.75) is 17.7 Å². The number of para-hydroxylation sites is 4. The molecule has 44 heavy (non-hydrogen) atoms. The normalized spacial score (nSPS) is 15.8. The van der Waals surface area contributed by atoms with E-state index in [1.165, 1.54) is 48.8 Å². The highest BCUT2D eigenvalue weighted by Gasteiger charge is 2.27. The number of hydrogen-bond donors (Lipinski definition) is 0. The Kier molecular flexibility index (Phi) is 6.74. The topological polar surface area (TPSA) is 8.17 Å². The first-order valence-corrected chi connectivity index (χ1v) is 16.5. The van der Waals surface area contributed by atoms with Crippen molar-refractivity contribution in [1.29, 1.82) is 0 Å². The fraction of sp³-hybridized carbons (Fsp3) is 0.0488. The quantitative estimate of drug-likeness (QED) is 0.177. The summed E-state index contributed by atoms with van der Waals surface area (Å²) in [7, 11) is -0.224. The summed E-state index contributed by atoms with van der Waals surface area (Å²) in [5, 5.41) is 1.31. The van der Waals surface area contributed by atoms with Crippen LogP contribution in [0.15, 0.2) is 167 Å². The molecular formula is C41H32N2S. The van der Waals surface area contributed by atoms with E-state index in [4.69, 9.17) is 5.87 Å². The highest BCUT2D eigenvalue weighted by molar-refractivity contribution is 8.18. The lowest BCUT2D eigenvalue weighted by Gasteiger charge is -2.25. The summed E-state index contributed by atoms with van der Waals surface area (Å²) in [5.74, 6) is 4.73. The Hall–Kier alpha value is -5.12. The van der Waals surface area contributed by atoms with E-state index < -0.39 is 0 Å². The minimum Gasteiger partial charge on any atom is -0.311 e. The molecule has 5 aromatic carbocycles. The van der Waals surface area contributed by atoms with Crippen molar-refractivity contribution in [2.24, 2.45) is 0 Å². The Labute approximate surface area is 261 Å². The van der Waals surface area contributed by atoms with Gasteiger partial charge in [-0.25, -0.2) is 0 Å². The molecule has 0 amide bonds. The molecular weight excluding hydrogens is 553 g/mol. The van der Waals surface area contributed by atoms with Crippen molar-refractivity contribution in [3.8, 4) is 5.69 Å². The third kappa shape index (κ3) is 4.57. The molecule has 0 N–H and O–H groups in total. The molecule has 2 nitrogen and oxygen atoms in total. The molecule has 8 rings (SSSR count). The highest BCUT2D eigenvalue weighted by atomic mass is 32.2. The first kappa shape index (κ1) is 26.5. The number of rotatable bonds is 6. The Morgan fingerprint density at radius 3 is 1.75 bits per heavy atom. The van der Waals surface area contributed by atoms with Gasteiger partial charge in [0.1, 0.15) is 0 Å². The van der Waals surface area contributed by atoms with Gasteiger partial charge >= 0.3 is 0 Å². The average molecular weight is 585 g/mol. The Morgan fingerprint density at radius 1 is 0.568 bits per heavy atom. The van der Waals surface area contributed by atoms with Crippen LogP contribution in [-0.2, 0) is 0 Å². The van der Waals surface area contributed by atoms with E-state index in [1.807, 2.05) is 0 Å². The van der Waals surface area contributed by atoms with Crippen molar-refractivity contribution in [3.63, 3.8) is 0 Å². The maximum atomic E-state index is 4.73. The van der Waals surface area contributed by atoms with Gasteiger partial charge in [-0.3, -0.25) is 0 Å². The molecule has 3 heteroatoms. The van der Waals surface area contributed by atoms with Crippen molar-refractivity contribution in [2.75, 3.05) is 4.90 Å². The van der Waals surface area contributed by atoms with Crippen LogP contribution < -0.4 is 4.90 Å². The summed E-state index contributed by atoms with van der Waals surface area (Å²) in [6.07, 6.45) is 9.10. The SMILES string of the molecule is C=S1C(C2=CC=C(c3ccc(N(c4ccccc4)c4ccccc4)cc3)CC2)=Cc2c1c1ccccc1n2-c1ccccc1. The van der Waals surface area contributed by atoms with Gasteiger partial charge in [-0.1, -0.05) is 103 Å². The zero-order valence-electron chi connectivity index (χ0n) is 24.4. The molecule has 2 heterocycles.